The Balaban J connectivity index is 2.78. The molecule has 0 radical (unpaired) electrons. The number of hydrogen-bond donors (Lipinski definition) is 1. The van der Waals surface area contributed by atoms with Crippen molar-refractivity contribution in [3.8, 4) is 0 Å². The second-order valence-electron chi connectivity index (χ2n) is 3.36. The van der Waals surface area contributed by atoms with Crippen LogP contribution >= 0.6 is 23.2 Å². The van der Waals surface area contributed by atoms with Crippen LogP contribution in [0.15, 0.2) is 23.0 Å². The zero-order chi connectivity index (χ0) is 12.6. The number of carbonyl (C=O) groups excluding carboxylic acids is 1. The van der Waals surface area contributed by atoms with Gasteiger partial charge in [-0.05, 0) is 23.6 Å². The van der Waals surface area contributed by atoms with Crippen LogP contribution < -0.4 is 5.56 Å². The van der Waals surface area contributed by atoms with Crippen molar-refractivity contribution < 1.29 is 9.53 Å². The summed E-state index contributed by atoms with van der Waals surface area (Å²) in [7, 11) is 1.24. The molecule has 0 spiro atoms. The minimum atomic E-state index is -0.616. The van der Waals surface area contributed by atoms with Crippen molar-refractivity contribution in [2.24, 2.45) is 0 Å². The number of fused-ring (bicyclic) bond motifs is 1. The Bertz CT molecular complexity index is 664. The third-order valence-electron chi connectivity index (χ3n) is 2.29. The van der Waals surface area contributed by atoms with E-state index in [1.807, 2.05) is 0 Å². The third kappa shape index (κ3) is 2.14. The van der Waals surface area contributed by atoms with E-state index in [2.05, 4.69) is 9.72 Å². The van der Waals surface area contributed by atoms with E-state index in [1.165, 1.54) is 25.3 Å². The van der Waals surface area contributed by atoms with Crippen molar-refractivity contribution >= 4 is 39.9 Å². The average molecular weight is 272 g/mol. The molecule has 1 aromatic heterocycles. The molecule has 0 saturated heterocycles. The Labute approximate surface area is 106 Å². The number of hydrogen-bond acceptors (Lipinski definition) is 3. The van der Waals surface area contributed by atoms with Gasteiger partial charge in [0.15, 0.2) is 0 Å². The fraction of sp³-hybridized carbons (Fsp3) is 0.0909. The number of nitrogens with one attached hydrogen (secondary N) is 1. The normalized spacial score (nSPS) is 10.5. The van der Waals surface area contributed by atoms with E-state index in [-0.39, 0.29) is 10.7 Å². The van der Waals surface area contributed by atoms with Gasteiger partial charge in [0.05, 0.1) is 17.2 Å². The van der Waals surface area contributed by atoms with Crippen molar-refractivity contribution in [2.75, 3.05) is 7.11 Å². The van der Waals surface area contributed by atoms with Crippen molar-refractivity contribution in [1.29, 1.82) is 0 Å². The van der Waals surface area contributed by atoms with Crippen LogP contribution in [0.1, 0.15) is 10.5 Å². The smallest absolute Gasteiger partial charge is 0.354 e. The summed E-state index contributed by atoms with van der Waals surface area (Å²) < 4.78 is 4.53. The highest BCUT2D eigenvalue weighted by Crippen LogP contribution is 2.26. The van der Waals surface area contributed by atoms with Gasteiger partial charge in [-0.25, -0.2) is 4.79 Å². The number of rotatable bonds is 1. The Morgan fingerprint density at radius 2 is 1.88 bits per heavy atom. The molecule has 0 aliphatic carbocycles. The zero-order valence-electron chi connectivity index (χ0n) is 8.71. The summed E-state index contributed by atoms with van der Waals surface area (Å²) in [5.41, 5.74) is -0.343. The molecule has 1 N–H and O–H groups in total. The van der Waals surface area contributed by atoms with Gasteiger partial charge in [0.1, 0.15) is 5.69 Å². The van der Waals surface area contributed by atoms with Crippen LogP contribution in [0.25, 0.3) is 10.8 Å². The zero-order valence-corrected chi connectivity index (χ0v) is 10.2. The van der Waals surface area contributed by atoms with Crippen molar-refractivity contribution in [1.82, 2.24) is 4.98 Å². The first-order chi connectivity index (χ1) is 8.02. The molecule has 0 aliphatic rings. The van der Waals surface area contributed by atoms with Crippen LogP contribution in [0.4, 0.5) is 0 Å². The van der Waals surface area contributed by atoms with E-state index >= 15 is 0 Å². The molecule has 1 aromatic carbocycles. The van der Waals surface area contributed by atoms with Gasteiger partial charge in [-0.3, -0.25) is 4.79 Å². The van der Waals surface area contributed by atoms with Gasteiger partial charge in [-0.15, -0.1) is 0 Å². The number of halogens is 2. The maximum absolute atomic E-state index is 11.7. The minimum absolute atomic E-state index is 0.0726. The first-order valence-electron chi connectivity index (χ1n) is 4.63. The van der Waals surface area contributed by atoms with Crippen LogP contribution in [0.5, 0.6) is 0 Å². The Hall–Kier alpha value is -1.52. The SMILES string of the molecule is COC(=O)c1cc2cc(Cl)c(Cl)cc2c(=O)[nH]1. The highest BCUT2D eigenvalue weighted by molar-refractivity contribution is 6.42. The van der Waals surface area contributed by atoms with Crippen LogP contribution in [0.2, 0.25) is 10.0 Å². The number of benzene rings is 1. The molecule has 1 heterocycles. The molecule has 0 bridgehead atoms. The van der Waals surface area contributed by atoms with Gasteiger partial charge in [0.2, 0.25) is 0 Å². The topological polar surface area (TPSA) is 59.2 Å². The lowest BCUT2D eigenvalue weighted by atomic mass is 10.1. The van der Waals surface area contributed by atoms with Crippen molar-refractivity contribution in [2.45, 2.75) is 0 Å². The third-order valence-corrected chi connectivity index (χ3v) is 3.01. The quantitative estimate of drug-likeness (QED) is 0.812. The number of esters is 1. The van der Waals surface area contributed by atoms with Gasteiger partial charge in [-0.2, -0.15) is 0 Å². The molecular formula is C11H7Cl2NO3. The van der Waals surface area contributed by atoms with Crippen LogP contribution in [0.3, 0.4) is 0 Å². The molecule has 0 fully saturated rings. The second-order valence-corrected chi connectivity index (χ2v) is 4.17. The summed E-state index contributed by atoms with van der Waals surface area (Å²) in [5.74, 6) is -0.616. The number of pyridine rings is 1. The second kappa shape index (κ2) is 4.39. The fourth-order valence-corrected chi connectivity index (χ4v) is 1.82. The molecule has 88 valence electrons. The Kier molecular flexibility index (Phi) is 3.09. The molecule has 17 heavy (non-hydrogen) atoms. The largest absolute Gasteiger partial charge is 0.464 e. The average Bonchev–Trinajstić information content (AvgIpc) is 2.30. The van der Waals surface area contributed by atoms with Crippen LogP contribution in [0, 0.1) is 0 Å². The fourth-order valence-electron chi connectivity index (χ4n) is 1.48. The minimum Gasteiger partial charge on any atom is -0.464 e. The molecule has 0 amide bonds. The van der Waals surface area contributed by atoms with Crippen LogP contribution in [-0.4, -0.2) is 18.1 Å². The maximum atomic E-state index is 11.7. The first-order valence-corrected chi connectivity index (χ1v) is 5.39. The lowest BCUT2D eigenvalue weighted by molar-refractivity contribution is 0.0594. The predicted octanol–water partition coefficient (Wildman–Crippen LogP) is 2.62. The molecule has 2 aromatic rings. The number of aromatic amines is 1. The van der Waals surface area contributed by atoms with Crippen molar-refractivity contribution in [3.63, 3.8) is 0 Å². The van der Waals surface area contributed by atoms with E-state index in [1.54, 1.807) is 0 Å². The predicted molar refractivity (Wildman–Crippen MR) is 65.9 cm³/mol. The van der Waals surface area contributed by atoms with Gasteiger partial charge in [0.25, 0.3) is 5.56 Å². The number of ether oxygens (including phenoxy) is 1. The Morgan fingerprint density at radius 3 is 2.53 bits per heavy atom. The standard InChI is InChI=1S/C11H7Cl2NO3/c1-17-11(16)9-3-5-2-7(12)8(13)4-6(5)10(15)14-9/h2-4H,1H3,(H,14,15). The van der Waals surface area contributed by atoms with Gasteiger partial charge in [0, 0.05) is 5.39 Å². The summed E-state index contributed by atoms with van der Waals surface area (Å²) in [4.78, 5) is 25.4. The number of aromatic nitrogens is 1. The maximum Gasteiger partial charge on any atom is 0.354 e. The summed E-state index contributed by atoms with van der Waals surface area (Å²) in [6.07, 6.45) is 0. The summed E-state index contributed by atoms with van der Waals surface area (Å²) in [6.45, 7) is 0. The lowest BCUT2D eigenvalue weighted by Crippen LogP contribution is -2.14. The summed E-state index contributed by atoms with van der Waals surface area (Å²) in [5, 5.41) is 1.51. The van der Waals surface area contributed by atoms with E-state index in [0.717, 1.165) is 0 Å². The molecule has 6 heteroatoms. The molecule has 0 saturated carbocycles. The van der Waals surface area contributed by atoms with Crippen molar-refractivity contribution in [3.05, 3.63) is 44.3 Å². The molecule has 2 rings (SSSR count). The number of carbonyl (C=O) groups is 1. The lowest BCUT2D eigenvalue weighted by Gasteiger charge is -2.03. The van der Waals surface area contributed by atoms with E-state index in [9.17, 15) is 9.59 Å². The van der Waals surface area contributed by atoms with E-state index in [4.69, 9.17) is 23.2 Å². The Morgan fingerprint density at radius 1 is 1.24 bits per heavy atom. The molecule has 0 unspecified atom stereocenters. The number of methoxy groups -OCH3 is 1. The summed E-state index contributed by atoms with van der Waals surface area (Å²) >= 11 is 11.7. The van der Waals surface area contributed by atoms with Gasteiger partial charge in [-0.1, -0.05) is 23.2 Å². The number of H-pyrrole nitrogens is 1. The van der Waals surface area contributed by atoms with E-state index in [0.29, 0.717) is 15.8 Å². The van der Waals surface area contributed by atoms with Gasteiger partial charge < -0.3 is 9.72 Å². The summed E-state index contributed by atoms with van der Waals surface area (Å²) in [6, 6.07) is 4.48. The van der Waals surface area contributed by atoms with Crippen LogP contribution in [-0.2, 0) is 4.74 Å². The van der Waals surface area contributed by atoms with E-state index < -0.39 is 11.5 Å². The monoisotopic (exact) mass is 271 g/mol. The van der Waals surface area contributed by atoms with Gasteiger partial charge >= 0.3 is 5.97 Å². The first kappa shape index (κ1) is 12.0. The molecular weight excluding hydrogens is 265 g/mol. The highest BCUT2D eigenvalue weighted by Gasteiger charge is 2.11. The molecule has 0 aliphatic heterocycles. The molecule has 0 atom stereocenters. The highest BCUT2D eigenvalue weighted by atomic mass is 35.5. The molecule has 4 nitrogen and oxygen atoms in total.